The van der Waals surface area contributed by atoms with Crippen molar-refractivity contribution in [3.8, 4) is 0 Å². The summed E-state index contributed by atoms with van der Waals surface area (Å²) in [7, 11) is 0. The van der Waals surface area contributed by atoms with Gasteiger partial charge in [0.25, 0.3) is 0 Å². The van der Waals surface area contributed by atoms with E-state index in [4.69, 9.17) is 4.74 Å². The van der Waals surface area contributed by atoms with Gasteiger partial charge in [-0.25, -0.2) is 4.98 Å². The minimum Gasteiger partial charge on any atom is -0.466 e. The second kappa shape index (κ2) is 7.62. The van der Waals surface area contributed by atoms with Crippen molar-refractivity contribution in [3.63, 3.8) is 0 Å². The van der Waals surface area contributed by atoms with Gasteiger partial charge in [-0.15, -0.1) is 11.3 Å². The molecule has 1 aliphatic carbocycles. The monoisotopic (exact) mass is 296 g/mol. The average Bonchev–Trinajstić information content (AvgIpc) is 2.84. The fourth-order valence-corrected chi connectivity index (χ4v) is 3.28. The maximum atomic E-state index is 11.3. The average molecular weight is 296 g/mol. The number of esters is 1. The van der Waals surface area contributed by atoms with Crippen molar-refractivity contribution in [3.05, 3.63) is 11.1 Å². The van der Waals surface area contributed by atoms with Crippen LogP contribution in [0.4, 0.5) is 5.13 Å². The van der Waals surface area contributed by atoms with Crippen LogP contribution in [0, 0.1) is 5.92 Å². The number of carbonyl (C=O) groups is 1. The van der Waals surface area contributed by atoms with Crippen LogP contribution < -0.4 is 4.90 Å². The first-order valence-corrected chi connectivity index (χ1v) is 8.45. The molecular formula is C15H24N2O2S. The molecule has 0 amide bonds. The molecule has 0 N–H and O–H groups in total. The van der Waals surface area contributed by atoms with Crippen molar-refractivity contribution >= 4 is 22.4 Å². The second-order valence-corrected chi connectivity index (χ2v) is 6.10. The van der Waals surface area contributed by atoms with E-state index >= 15 is 0 Å². The van der Waals surface area contributed by atoms with E-state index in [0.29, 0.717) is 19.4 Å². The third kappa shape index (κ3) is 4.20. The Balaban J connectivity index is 1.84. The first kappa shape index (κ1) is 15.3. The quantitative estimate of drug-likeness (QED) is 0.691. The summed E-state index contributed by atoms with van der Waals surface area (Å²) in [5, 5.41) is 3.16. The molecule has 0 saturated heterocycles. The maximum absolute atomic E-state index is 11.3. The molecule has 112 valence electrons. The van der Waals surface area contributed by atoms with Gasteiger partial charge < -0.3 is 9.64 Å². The lowest BCUT2D eigenvalue weighted by Gasteiger charge is -2.31. The predicted molar refractivity (Wildman–Crippen MR) is 82.3 cm³/mol. The maximum Gasteiger partial charge on any atom is 0.306 e. The number of thiazole rings is 1. The minimum absolute atomic E-state index is 0.135. The molecule has 0 aliphatic heterocycles. The summed E-state index contributed by atoms with van der Waals surface area (Å²) in [6.07, 6.45) is 5.20. The molecule has 5 heteroatoms. The van der Waals surface area contributed by atoms with Crippen LogP contribution in [0.1, 0.15) is 45.2 Å². The lowest BCUT2D eigenvalue weighted by molar-refractivity contribution is -0.143. The number of anilines is 1. The summed E-state index contributed by atoms with van der Waals surface area (Å²) in [4.78, 5) is 18.4. The molecule has 1 fully saturated rings. The molecule has 0 spiro atoms. The van der Waals surface area contributed by atoms with Crippen molar-refractivity contribution in [1.82, 2.24) is 4.98 Å². The lowest BCUT2D eigenvalue weighted by Crippen LogP contribution is -2.32. The number of hydrogen-bond acceptors (Lipinski definition) is 5. The number of aromatic nitrogens is 1. The van der Waals surface area contributed by atoms with E-state index in [-0.39, 0.29) is 5.97 Å². The van der Waals surface area contributed by atoms with Crippen molar-refractivity contribution in [2.75, 3.05) is 24.6 Å². The van der Waals surface area contributed by atoms with E-state index in [9.17, 15) is 4.79 Å². The highest BCUT2D eigenvalue weighted by Gasteiger charge is 2.21. The number of hydrogen-bond donors (Lipinski definition) is 0. The third-order valence-corrected chi connectivity index (χ3v) is 4.74. The predicted octanol–water partition coefficient (Wildman–Crippen LogP) is 3.27. The van der Waals surface area contributed by atoms with Gasteiger partial charge in [-0.3, -0.25) is 4.79 Å². The van der Waals surface area contributed by atoms with Gasteiger partial charge in [-0.1, -0.05) is 6.42 Å². The van der Waals surface area contributed by atoms with Crippen LogP contribution in [0.15, 0.2) is 5.38 Å². The summed E-state index contributed by atoms with van der Waals surface area (Å²) < 4.78 is 4.94. The molecule has 4 nitrogen and oxygen atoms in total. The van der Waals surface area contributed by atoms with Gasteiger partial charge in [0.1, 0.15) is 0 Å². The smallest absolute Gasteiger partial charge is 0.306 e. The molecule has 1 aliphatic rings. The van der Waals surface area contributed by atoms with E-state index in [1.54, 1.807) is 11.3 Å². The number of rotatable bonds is 8. The fraction of sp³-hybridized carbons (Fsp3) is 0.733. The summed E-state index contributed by atoms with van der Waals surface area (Å²) in [6.45, 7) is 6.59. The van der Waals surface area contributed by atoms with E-state index in [1.807, 2.05) is 6.92 Å². The molecule has 0 bridgehead atoms. The topological polar surface area (TPSA) is 42.4 Å². The largest absolute Gasteiger partial charge is 0.466 e. The summed E-state index contributed by atoms with van der Waals surface area (Å²) in [6, 6.07) is 0. The van der Waals surface area contributed by atoms with E-state index in [0.717, 1.165) is 29.8 Å². The van der Waals surface area contributed by atoms with Gasteiger partial charge in [-0.2, -0.15) is 0 Å². The number of ether oxygens (including phenoxy) is 1. The normalized spacial score (nSPS) is 14.9. The van der Waals surface area contributed by atoms with E-state index in [1.165, 1.54) is 19.3 Å². The molecule has 0 atom stereocenters. The molecule has 1 heterocycles. The molecule has 0 aromatic carbocycles. The Morgan fingerprint density at radius 3 is 2.90 bits per heavy atom. The summed E-state index contributed by atoms with van der Waals surface area (Å²) in [5.74, 6) is 0.714. The highest BCUT2D eigenvalue weighted by Crippen LogP contribution is 2.30. The Morgan fingerprint density at radius 2 is 2.30 bits per heavy atom. The van der Waals surface area contributed by atoms with Crippen molar-refractivity contribution < 1.29 is 9.53 Å². The third-order valence-electron chi connectivity index (χ3n) is 3.79. The Morgan fingerprint density at radius 1 is 1.50 bits per heavy atom. The van der Waals surface area contributed by atoms with Crippen LogP contribution in [-0.2, 0) is 16.0 Å². The molecule has 1 aromatic heterocycles. The number of nitrogens with zero attached hydrogens (tertiary/aromatic N) is 2. The van der Waals surface area contributed by atoms with Crippen LogP contribution in [0.3, 0.4) is 0 Å². The summed E-state index contributed by atoms with van der Waals surface area (Å²) >= 11 is 1.69. The van der Waals surface area contributed by atoms with Gasteiger partial charge >= 0.3 is 5.97 Å². The Labute approximate surface area is 125 Å². The van der Waals surface area contributed by atoms with Gasteiger partial charge in [0.05, 0.1) is 18.7 Å². The molecule has 1 saturated carbocycles. The minimum atomic E-state index is -0.135. The Hall–Kier alpha value is -1.10. The molecule has 2 rings (SSSR count). The first-order valence-electron chi connectivity index (χ1n) is 7.57. The van der Waals surface area contributed by atoms with Gasteiger partial charge in [0.2, 0.25) is 0 Å². The zero-order valence-corrected chi connectivity index (χ0v) is 13.2. The van der Waals surface area contributed by atoms with Gasteiger partial charge in [0, 0.05) is 24.9 Å². The SMILES string of the molecule is CCOC(=O)CCc1csc(N(CC)CC2CCC2)n1. The van der Waals surface area contributed by atoms with Gasteiger partial charge in [0.15, 0.2) is 5.13 Å². The van der Waals surface area contributed by atoms with E-state index in [2.05, 4.69) is 22.2 Å². The van der Waals surface area contributed by atoms with E-state index < -0.39 is 0 Å². The molecular weight excluding hydrogens is 272 g/mol. The molecule has 1 aromatic rings. The van der Waals surface area contributed by atoms with Crippen LogP contribution in [-0.4, -0.2) is 30.6 Å². The summed E-state index contributed by atoms with van der Waals surface area (Å²) in [5.41, 5.74) is 1.00. The Kier molecular flexibility index (Phi) is 5.83. The lowest BCUT2D eigenvalue weighted by atomic mass is 9.85. The molecule has 0 radical (unpaired) electrons. The number of aryl methyl sites for hydroxylation is 1. The van der Waals surface area contributed by atoms with Crippen LogP contribution in [0.2, 0.25) is 0 Å². The van der Waals surface area contributed by atoms with Crippen LogP contribution in [0.25, 0.3) is 0 Å². The van der Waals surface area contributed by atoms with Crippen LogP contribution in [0.5, 0.6) is 0 Å². The zero-order chi connectivity index (χ0) is 14.4. The standard InChI is InChI=1S/C15H24N2O2S/c1-3-17(10-12-6-5-7-12)15-16-13(11-20-15)8-9-14(18)19-4-2/h11-12H,3-10H2,1-2H3. The zero-order valence-electron chi connectivity index (χ0n) is 12.4. The first-order chi connectivity index (χ1) is 9.72. The Bertz CT molecular complexity index is 429. The highest BCUT2D eigenvalue weighted by atomic mass is 32.1. The highest BCUT2D eigenvalue weighted by molar-refractivity contribution is 7.13. The second-order valence-electron chi connectivity index (χ2n) is 5.26. The fourth-order valence-electron chi connectivity index (χ4n) is 2.35. The molecule has 20 heavy (non-hydrogen) atoms. The van der Waals surface area contributed by atoms with Crippen molar-refractivity contribution in [2.45, 2.75) is 46.0 Å². The van der Waals surface area contributed by atoms with Crippen molar-refractivity contribution in [1.29, 1.82) is 0 Å². The van der Waals surface area contributed by atoms with Crippen molar-refractivity contribution in [2.24, 2.45) is 5.92 Å². The van der Waals surface area contributed by atoms with Crippen LogP contribution >= 0.6 is 11.3 Å². The van der Waals surface area contributed by atoms with Gasteiger partial charge in [-0.05, 0) is 32.6 Å². The molecule has 0 unspecified atom stereocenters. The number of carbonyl (C=O) groups excluding carboxylic acids is 1.